The predicted octanol–water partition coefficient (Wildman–Crippen LogP) is 1.32. The van der Waals surface area contributed by atoms with E-state index in [-0.39, 0.29) is 5.82 Å². The molecule has 2 rings (SSSR count). The van der Waals surface area contributed by atoms with Crippen LogP contribution in [0.4, 0.5) is 4.39 Å². The molecule has 0 atom stereocenters. The van der Waals surface area contributed by atoms with Crippen LogP contribution in [0.25, 0.3) is 11.4 Å². The van der Waals surface area contributed by atoms with E-state index in [9.17, 15) is 4.39 Å². The van der Waals surface area contributed by atoms with Crippen LogP contribution >= 0.6 is 0 Å². The average molecular weight is 192 g/mol. The second-order valence-corrected chi connectivity index (χ2v) is 3.11. The number of benzene rings is 1. The topological polar surface area (TPSA) is 43.6 Å². The minimum absolute atomic E-state index is 0.312. The van der Waals surface area contributed by atoms with Crippen LogP contribution in [0.5, 0.6) is 0 Å². The molecule has 0 bridgehead atoms. The van der Waals surface area contributed by atoms with Crippen LogP contribution in [0.1, 0.15) is 5.56 Å². The molecule has 14 heavy (non-hydrogen) atoms. The Morgan fingerprint density at radius 3 is 2.79 bits per heavy atom. The first kappa shape index (κ1) is 8.80. The molecule has 0 unspecified atom stereocenters. The van der Waals surface area contributed by atoms with Crippen LogP contribution in [0.2, 0.25) is 0 Å². The maximum atomic E-state index is 13.4. The molecule has 5 heteroatoms. The largest absolute Gasteiger partial charge is 0.228 e. The molecule has 0 aliphatic rings. The van der Waals surface area contributed by atoms with Gasteiger partial charge in [0.2, 0.25) is 0 Å². The molecule has 1 aromatic carbocycles. The molecule has 1 aromatic heterocycles. The molecule has 0 fully saturated rings. The average Bonchev–Trinajstić information content (AvgIpc) is 2.56. The summed E-state index contributed by atoms with van der Waals surface area (Å²) in [6, 6.07) is 4.85. The Morgan fingerprint density at radius 1 is 1.36 bits per heavy atom. The molecule has 0 amide bonds. The molecule has 0 radical (unpaired) electrons. The summed E-state index contributed by atoms with van der Waals surface area (Å²) < 4.78 is 14.8. The first-order valence-corrected chi connectivity index (χ1v) is 4.17. The zero-order valence-corrected chi connectivity index (χ0v) is 7.90. The van der Waals surface area contributed by atoms with Gasteiger partial charge in [0.05, 0.1) is 5.56 Å². The van der Waals surface area contributed by atoms with E-state index < -0.39 is 0 Å². The van der Waals surface area contributed by atoms with E-state index in [0.717, 1.165) is 5.56 Å². The van der Waals surface area contributed by atoms with Crippen molar-refractivity contribution >= 4 is 0 Å². The Bertz CT molecular complexity index is 464. The van der Waals surface area contributed by atoms with Crippen molar-refractivity contribution in [3.63, 3.8) is 0 Å². The number of tetrazole rings is 1. The second kappa shape index (κ2) is 3.17. The summed E-state index contributed by atoms with van der Waals surface area (Å²) in [4.78, 5) is 0. The van der Waals surface area contributed by atoms with Crippen LogP contribution in [0.15, 0.2) is 18.2 Å². The fourth-order valence-corrected chi connectivity index (χ4v) is 1.27. The smallest absolute Gasteiger partial charge is 0.184 e. The molecule has 2 aromatic rings. The van der Waals surface area contributed by atoms with Crippen molar-refractivity contribution in [2.75, 3.05) is 0 Å². The third-order valence-corrected chi connectivity index (χ3v) is 1.98. The van der Waals surface area contributed by atoms with Gasteiger partial charge in [0.25, 0.3) is 0 Å². The molecule has 0 aliphatic heterocycles. The summed E-state index contributed by atoms with van der Waals surface area (Å²) in [6.07, 6.45) is 0. The Hall–Kier alpha value is -1.78. The Balaban J connectivity index is 2.62. The Morgan fingerprint density at radius 2 is 2.14 bits per heavy atom. The fourth-order valence-electron chi connectivity index (χ4n) is 1.27. The van der Waals surface area contributed by atoms with Crippen LogP contribution < -0.4 is 0 Å². The van der Waals surface area contributed by atoms with Crippen molar-refractivity contribution in [2.45, 2.75) is 6.92 Å². The lowest BCUT2D eigenvalue weighted by Gasteiger charge is -2.01. The van der Waals surface area contributed by atoms with Crippen LogP contribution in [-0.2, 0) is 7.05 Å². The third-order valence-electron chi connectivity index (χ3n) is 1.98. The lowest BCUT2D eigenvalue weighted by Crippen LogP contribution is -1.97. The zero-order valence-electron chi connectivity index (χ0n) is 7.90. The Labute approximate surface area is 80.4 Å². The first-order valence-electron chi connectivity index (χ1n) is 4.17. The van der Waals surface area contributed by atoms with Gasteiger partial charge in [0.15, 0.2) is 5.82 Å². The molecule has 0 saturated heterocycles. The molecule has 0 saturated carbocycles. The number of hydrogen-bond donors (Lipinski definition) is 0. The van der Waals surface area contributed by atoms with Crippen molar-refractivity contribution in [3.05, 3.63) is 29.6 Å². The number of aromatic nitrogens is 4. The van der Waals surface area contributed by atoms with E-state index in [1.54, 1.807) is 19.2 Å². The molecule has 0 N–H and O–H groups in total. The summed E-state index contributed by atoms with van der Waals surface area (Å²) in [7, 11) is 1.68. The highest BCUT2D eigenvalue weighted by atomic mass is 19.1. The molecule has 72 valence electrons. The van der Waals surface area contributed by atoms with Crippen LogP contribution in [-0.4, -0.2) is 20.2 Å². The summed E-state index contributed by atoms with van der Waals surface area (Å²) in [6.45, 7) is 1.90. The lowest BCUT2D eigenvalue weighted by atomic mass is 10.1. The van der Waals surface area contributed by atoms with Crippen molar-refractivity contribution in [2.24, 2.45) is 7.05 Å². The molecule has 0 spiro atoms. The SMILES string of the molecule is Cc1ccc(F)c(-c2nnnn2C)c1. The maximum Gasteiger partial charge on any atom is 0.184 e. The highest BCUT2D eigenvalue weighted by Crippen LogP contribution is 2.20. The lowest BCUT2D eigenvalue weighted by molar-refractivity contribution is 0.626. The highest BCUT2D eigenvalue weighted by molar-refractivity contribution is 5.56. The van der Waals surface area contributed by atoms with E-state index in [1.807, 2.05) is 6.92 Å². The summed E-state index contributed by atoms with van der Waals surface area (Å²) in [5, 5.41) is 10.9. The molecule has 4 nitrogen and oxygen atoms in total. The Kier molecular flexibility index (Phi) is 1.99. The van der Waals surface area contributed by atoms with Gasteiger partial charge < -0.3 is 0 Å². The van der Waals surface area contributed by atoms with Gasteiger partial charge in [-0.1, -0.05) is 11.6 Å². The molecule has 0 aliphatic carbocycles. The van der Waals surface area contributed by atoms with Crippen molar-refractivity contribution < 1.29 is 4.39 Å². The summed E-state index contributed by atoms with van der Waals surface area (Å²) in [5.41, 5.74) is 1.40. The minimum atomic E-state index is -0.312. The summed E-state index contributed by atoms with van der Waals surface area (Å²) >= 11 is 0. The fraction of sp³-hybridized carbons (Fsp3) is 0.222. The van der Waals surface area contributed by atoms with E-state index in [4.69, 9.17) is 0 Å². The van der Waals surface area contributed by atoms with Gasteiger partial charge in [0, 0.05) is 7.05 Å². The highest BCUT2D eigenvalue weighted by Gasteiger charge is 2.10. The number of hydrogen-bond acceptors (Lipinski definition) is 3. The van der Waals surface area contributed by atoms with Crippen LogP contribution in [0, 0.1) is 12.7 Å². The minimum Gasteiger partial charge on any atom is -0.228 e. The van der Waals surface area contributed by atoms with Gasteiger partial charge in [-0.2, -0.15) is 0 Å². The van der Waals surface area contributed by atoms with Crippen molar-refractivity contribution in [1.29, 1.82) is 0 Å². The van der Waals surface area contributed by atoms with E-state index in [1.165, 1.54) is 10.7 Å². The second-order valence-electron chi connectivity index (χ2n) is 3.11. The number of aryl methyl sites for hydroxylation is 2. The van der Waals surface area contributed by atoms with Gasteiger partial charge in [0.1, 0.15) is 5.82 Å². The van der Waals surface area contributed by atoms with Crippen LogP contribution in [0.3, 0.4) is 0 Å². The number of nitrogens with zero attached hydrogens (tertiary/aromatic N) is 4. The maximum absolute atomic E-state index is 13.4. The van der Waals surface area contributed by atoms with E-state index >= 15 is 0 Å². The summed E-state index contributed by atoms with van der Waals surface area (Å²) in [5.74, 6) is 0.125. The van der Waals surface area contributed by atoms with E-state index in [0.29, 0.717) is 11.4 Å². The van der Waals surface area contributed by atoms with Crippen molar-refractivity contribution in [1.82, 2.24) is 20.2 Å². The first-order chi connectivity index (χ1) is 6.68. The normalized spacial score (nSPS) is 10.5. The number of halogens is 1. The van der Waals surface area contributed by atoms with Crippen molar-refractivity contribution in [3.8, 4) is 11.4 Å². The van der Waals surface area contributed by atoms with Gasteiger partial charge in [-0.25, -0.2) is 9.07 Å². The monoisotopic (exact) mass is 192 g/mol. The van der Waals surface area contributed by atoms with Gasteiger partial charge in [-0.05, 0) is 29.5 Å². The molecular formula is C9H9FN4. The van der Waals surface area contributed by atoms with Gasteiger partial charge in [-0.3, -0.25) is 0 Å². The molecule has 1 heterocycles. The predicted molar refractivity (Wildman–Crippen MR) is 48.9 cm³/mol. The van der Waals surface area contributed by atoms with Gasteiger partial charge in [-0.15, -0.1) is 5.10 Å². The standard InChI is InChI=1S/C9H9FN4/c1-6-3-4-8(10)7(5-6)9-11-12-13-14(9)2/h3-5H,1-2H3. The van der Waals surface area contributed by atoms with E-state index in [2.05, 4.69) is 15.5 Å². The van der Waals surface area contributed by atoms with Gasteiger partial charge >= 0.3 is 0 Å². The zero-order chi connectivity index (χ0) is 10.1. The number of rotatable bonds is 1. The quantitative estimate of drug-likeness (QED) is 0.684. The third kappa shape index (κ3) is 1.37. The molecular weight excluding hydrogens is 183 g/mol.